The Bertz CT molecular complexity index is 3950. The van der Waals surface area contributed by atoms with Gasteiger partial charge in [0.15, 0.2) is 50.1 Å². The summed E-state index contributed by atoms with van der Waals surface area (Å²) < 4.78 is 161. The molecule has 8 saturated heterocycles. The molecule has 0 aromatic heterocycles. The van der Waals surface area contributed by atoms with Gasteiger partial charge in [0.1, 0.15) is 68.1 Å². The minimum atomic E-state index is -1.40. The molecular formula is C94H128O27. The molecule has 8 fully saturated rings. The van der Waals surface area contributed by atoms with Crippen molar-refractivity contribution in [1.82, 2.24) is 0 Å². The van der Waals surface area contributed by atoms with Gasteiger partial charge >= 0.3 is 17.9 Å². The predicted molar refractivity (Wildman–Crippen MR) is 439 cm³/mol. The van der Waals surface area contributed by atoms with Crippen LogP contribution in [0.3, 0.4) is 0 Å². The highest BCUT2D eigenvalue weighted by Crippen LogP contribution is 2.47. The maximum Gasteiger partial charge on any atom is 0.338 e. The molecule has 121 heavy (non-hydrogen) atoms. The highest BCUT2D eigenvalue weighted by atomic mass is 16.8. The second-order valence-corrected chi connectivity index (χ2v) is 34.3. The number of fused-ring (bicyclic) bond motifs is 1. The topological polar surface area (TPSA) is 273 Å². The van der Waals surface area contributed by atoms with E-state index in [0.717, 1.165) is 11.1 Å². The van der Waals surface area contributed by atoms with Crippen molar-refractivity contribution in [3.8, 4) is 0 Å². The molecule has 0 amide bonds. The number of carbonyl (C=O) groups is 3. The van der Waals surface area contributed by atoms with Crippen LogP contribution in [0.2, 0.25) is 0 Å². The average Bonchev–Trinajstić information content (AvgIpc) is 0.763. The van der Waals surface area contributed by atoms with Gasteiger partial charge in [-0.05, 0) is 78.5 Å². The summed E-state index contributed by atoms with van der Waals surface area (Å²) in [5.41, 5.74) is 2.87. The van der Waals surface area contributed by atoms with Crippen molar-refractivity contribution in [3.63, 3.8) is 0 Å². The minimum absolute atomic E-state index is 0.0185. The average molecular weight is 1690 g/mol. The number of ether oxygens (including phenoxy) is 24. The van der Waals surface area contributed by atoms with Gasteiger partial charge in [0.2, 0.25) is 0 Å². The van der Waals surface area contributed by atoms with Crippen molar-refractivity contribution in [2.75, 3.05) is 81.8 Å². The lowest BCUT2D eigenvalue weighted by atomic mass is 9.81. The van der Waals surface area contributed by atoms with E-state index in [2.05, 4.69) is 48.5 Å². The van der Waals surface area contributed by atoms with Gasteiger partial charge in [-0.3, -0.25) is 0 Å². The van der Waals surface area contributed by atoms with E-state index in [9.17, 15) is 14.4 Å². The molecule has 15 unspecified atom stereocenters. The number of carbonyl (C=O) groups excluding carboxylic acids is 3. The van der Waals surface area contributed by atoms with Crippen LogP contribution in [-0.2, 0) is 120 Å². The Kier molecular flexibility index (Phi) is 33.0. The smallest absolute Gasteiger partial charge is 0.338 e. The molecule has 0 spiro atoms. The normalized spacial score (nSPS) is 39.5. The Hall–Kier alpha value is -6.33. The molecule has 13 rings (SSSR count). The summed E-state index contributed by atoms with van der Waals surface area (Å²) in [6.07, 6.45) is -18.6. The highest BCUT2D eigenvalue weighted by molar-refractivity contribution is 5.90. The van der Waals surface area contributed by atoms with Crippen LogP contribution in [0.15, 0.2) is 152 Å². The van der Waals surface area contributed by atoms with Crippen molar-refractivity contribution >= 4 is 17.9 Å². The van der Waals surface area contributed by atoms with Crippen LogP contribution in [0.1, 0.15) is 132 Å². The van der Waals surface area contributed by atoms with E-state index in [-0.39, 0.29) is 111 Å². The summed E-state index contributed by atoms with van der Waals surface area (Å²) in [6.45, 7) is 25.5. The van der Waals surface area contributed by atoms with Gasteiger partial charge in [-0.2, -0.15) is 0 Å². The quantitative estimate of drug-likeness (QED) is 0.0279. The minimum Gasteiger partial charge on any atom is -0.459 e. The SMILES string of the molecule is COCC1O[C@@H](O[C@H]2C(C)C(C)[C@@H](O[C@H]3C(C)C(OC)[C@@H](O[C@H]4C(COCc5ccccc5)O[C@@H](C)C(C)[C@H]4C)O[C@@H]3COC)O[C@@H]2COC)C(OC)[C@@H](C)[C@H]1O[C@@H]1OC(COC(=O)c2ccccc2)[C@H](O[C@H]2O[C@H](COC(=O)c3ccccc3)[C@@H](O[C@H]3O[C@H]4COC(c5ccccc5)O[C@H]4C(C)C3C)C(C)C2OC(=O)c2ccccc2)[C@H](C)C1C. The fraction of sp³-hybridized carbons (Fsp3) is 0.649. The zero-order valence-corrected chi connectivity index (χ0v) is 72.9. The van der Waals surface area contributed by atoms with Crippen molar-refractivity contribution in [3.05, 3.63) is 179 Å². The highest BCUT2D eigenvalue weighted by Gasteiger charge is 2.59. The molecule has 5 aromatic rings. The first-order valence-corrected chi connectivity index (χ1v) is 43.2. The predicted octanol–water partition coefficient (Wildman–Crippen LogP) is 12.7. The van der Waals surface area contributed by atoms with Crippen LogP contribution in [0.25, 0.3) is 0 Å². The Balaban J connectivity index is 0.722. The van der Waals surface area contributed by atoms with Crippen molar-refractivity contribution in [2.45, 2.75) is 244 Å². The second-order valence-electron chi connectivity index (χ2n) is 34.3. The van der Waals surface area contributed by atoms with Crippen LogP contribution >= 0.6 is 0 Å². The van der Waals surface area contributed by atoms with E-state index < -0.39 is 171 Å². The Labute approximate surface area is 712 Å². The molecule has 0 N–H and O–H groups in total. The van der Waals surface area contributed by atoms with Gasteiger partial charge in [0, 0.05) is 76.6 Å². The molecule has 0 saturated carbocycles. The summed E-state index contributed by atoms with van der Waals surface area (Å²) in [6, 6.07) is 45.7. The lowest BCUT2D eigenvalue weighted by Gasteiger charge is -2.52. The Morgan fingerprint density at radius 1 is 0.314 bits per heavy atom. The number of esters is 3. The van der Waals surface area contributed by atoms with Crippen molar-refractivity contribution < 1.29 is 128 Å². The summed E-state index contributed by atoms with van der Waals surface area (Å²) in [7, 11) is 8.13. The van der Waals surface area contributed by atoms with Gasteiger partial charge in [-0.15, -0.1) is 0 Å². The summed E-state index contributed by atoms with van der Waals surface area (Å²) >= 11 is 0. The van der Waals surface area contributed by atoms with Crippen LogP contribution in [0, 0.1) is 65.1 Å². The maximum absolute atomic E-state index is 14.7. The maximum atomic E-state index is 14.7. The Morgan fingerprint density at radius 3 is 1.08 bits per heavy atom. The molecule has 27 nitrogen and oxygen atoms in total. The number of rotatable bonds is 33. The van der Waals surface area contributed by atoms with Crippen molar-refractivity contribution in [1.29, 1.82) is 0 Å². The third-order valence-corrected chi connectivity index (χ3v) is 26.6. The van der Waals surface area contributed by atoms with Gasteiger partial charge in [0.05, 0.1) is 105 Å². The fourth-order valence-corrected chi connectivity index (χ4v) is 18.5. The van der Waals surface area contributed by atoms with Gasteiger partial charge in [-0.1, -0.05) is 191 Å². The molecule has 0 radical (unpaired) electrons. The molecule has 27 heteroatoms. The zero-order chi connectivity index (χ0) is 85.7. The van der Waals surface area contributed by atoms with E-state index >= 15 is 0 Å². The summed E-state index contributed by atoms with van der Waals surface area (Å²) in [4.78, 5) is 42.8. The number of hydrogen-bond acceptors (Lipinski definition) is 27. The molecule has 36 atom stereocenters. The first-order chi connectivity index (χ1) is 58.5. The van der Waals surface area contributed by atoms with Crippen molar-refractivity contribution in [2.24, 2.45) is 65.1 Å². The number of benzene rings is 5. The van der Waals surface area contributed by atoms with Gasteiger partial charge < -0.3 is 114 Å². The number of methoxy groups -OCH3 is 5. The van der Waals surface area contributed by atoms with E-state index in [4.69, 9.17) is 114 Å². The van der Waals surface area contributed by atoms with E-state index in [1.807, 2.05) is 107 Å². The molecule has 8 aliphatic rings. The van der Waals surface area contributed by atoms with Gasteiger partial charge in [-0.25, -0.2) is 14.4 Å². The van der Waals surface area contributed by atoms with E-state index in [1.54, 1.807) is 114 Å². The van der Waals surface area contributed by atoms with Crippen LogP contribution in [0.5, 0.6) is 0 Å². The summed E-state index contributed by atoms with van der Waals surface area (Å²) in [5.74, 6) is -4.92. The first-order valence-electron chi connectivity index (χ1n) is 43.2. The lowest BCUT2D eigenvalue weighted by molar-refractivity contribution is -0.384. The molecule has 8 aliphatic heterocycles. The monoisotopic (exact) mass is 1690 g/mol. The zero-order valence-electron chi connectivity index (χ0n) is 72.9. The van der Waals surface area contributed by atoms with Crippen LogP contribution in [-0.4, -0.2) is 247 Å². The molecular weight excluding hydrogens is 1560 g/mol. The Morgan fingerprint density at radius 2 is 0.653 bits per heavy atom. The van der Waals surface area contributed by atoms with Crippen LogP contribution in [0.4, 0.5) is 0 Å². The fourth-order valence-electron chi connectivity index (χ4n) is 18.5. The van der Waals surface area contributed by atoms with E-state index in [1.165, 1.54) is 0 Å². The molecule has 0 aliphatic carbocycles. The van der Waals surface area contributed by atoms with Crippen LogP contribution < -0.4 is 0 Å². The molecule has 0 bridgehead atoms. The third kappa shape index (κ3) is 21.7. The largest absolute Gasteiger partial charge is 0.459 e. The van der Waals surface area contributed by atoms with E-state index in [0.29, 0.717) is 24.3 Å². The summed E-state index contributed by atoms with van der Waals surface area (Å²) in [5, 5.41) is 0. The standard InChI is InChI=1S/C94H128O27/c1-51-52(2)75(71(107-62(51)12)47-103-43-63-33-23-18-24-34-63)119-92-82(101-16)59(9)79(69(111-92)45-99-14)115-88-56(6)53(3)76(68(108-88)44-98-13)120-93-83(102-17)60(10)80(70(112-93)46-100-15)116-89-58(8)55(5)78(72(109-89)48-104-85(95)64-35-25-19-26-36-64)121-94-84(114-87(97)66-39-29-21-30-40-66)61(11)81(73(113-94)49-105-86(96)65-37-27-20-28-38-65)117-90-57(7)54(4)77-74(110-90)50-106-91(118-77)67-41-31-22-32-42-67/h18-42,51-62,68-84,88-94H,43-50H2,1-17H3/t51?,52-,53?,54?,55-,56?,57?,58?,59?,60+,61?,62+,68-,69-,70?,71?,72?,73-,74+,75-,76+,77+,78-,79+,80-,81+,82?,83?,84?,88-,89+,90-,91?,92-,93+,94-/m1/s1. The molecule has 8 heterocycles. The molecule has 666 valence electrons. The third-order valence-electron chi connectivity index (χ3n) is 26.6. The second kappa shape index (κ2) is 43.2. The van der Waals surface area contributed by atoms with Gasteiger partial charge in [0.25, 0.3) is 0 Å². The lowest BCUT2D eigenvalue weighted by Crippen LogP contribution is -2.64. The first kappa shape index (κ1) is 92.3. The molecule has 5 aromatic carbocycles. The number of hydrogen-bond donors (Lipinski definition) is 0.